The number of ether oxygens (including phenoxy) is 1. The van der Waals surface area contributed by atoms with Crippen molar-refractivity contribution in [3.05, 3.63) is 28.8 Å². The van der Waals surface area contributed by atoms with E-state index in [1.54, 1.807) is 18.2 Å². The Morgan fingerprint density at radius 1 is 1.38 bits per heavy atom. The van der Waals surface area contributed by atoms with Crippen LogP contribution < -0.4 is 10.1 Å². The van der Waals surface area contributed by atoms with Gasteiger partial charge in [-0.2, -0.15) is 0 Å². The molecule has 0 unspecified atom stereocenters. The molecule has 1 saturated carbocycles. The van der Waals surface area contributed by atoms with Gasteiger partial charge in [0, 0.05) is 17.0 Å². The molecule has 1 amide bonds. The molecule has 21 heavy (non-hydrogen) atoms. The average molecular weight is 312 g/mol. The van der Waals surface area contributed by atoms with E-state index in [-0.39, 0.29) is 17.9 Å². The summed E-state index contributed by atoms with van der Waals surface area (Å²) in [6, 6.07) is 4.95. The molecule has 0 aliphatic heterocycles. The lowest BCUT2D eigenvalue weighted by Crippen LogP contribution is -2.41. The lowest BCUT2D eigenvalue weighted by molar-refractivity contribution is 0.0716. The molecule has 116 valence electrons. The van der Waals surface area contributed by atoms with Gasteiger partial charge in [-0.25, -0.2) is 0 Å². The molecule has 1 aromatic carbocycles. The highest BCUT2D eigenvalue weighted by atomic mass is 35.5. The number of aliphatic hydroxyl groups excluding tert-OH is 1. The molecule has 0 spiro atoms. The van der Waals surface area contributed by atoms with Crippen molar-refractivity contribution in [1.82, 2.24) is 5.32 Å². The van der Waals surface area contributed by atoms with Gasteiger partial charge in [-0.1, -0.05) is 30.9 Å². The normalized spacial score (nSPS) is 17.3. The van der Waals surface area contributed by atoms with Crippen LogP contribution in [0, 0.1) is 5.41 Å². The Morgan fingerprint density at radius 3 is 2.71 bits per heavy atom. The second-order valence-electron chi connectivity index (χ2n) is 5.75. The summed E-state index contributed by atoms with van der Waals surface area (Å²) in [4.78, 5) is 12.3. The Morgan fingerprint density at radius 2 is 2.10 bits per heavy atom. The van der Waals surface area contributed by atoms with Crippen molar-refractivity contribution in [2.24, 2.45) is 5.41 Å². The van der Waals surface area contributed by atoms with Crippen molar-refractivity contribution in [2.75, 3.05) is 20.3 Å². The van der Waals surface area contributed by atoms with E-state index in [1.165, 1.54) is 13.5 Å². The second-order valence-corrected chi connectivity index (χ2v) is 6.18. The molecule has 1 aliphatic carbocycles. The Balaban J connectivity index is 2.04. The molecule has 0 radical (unpaired) electrons. The third-order valence-electron chi connectivity index (χ3n) is 4.28. The van der Waals surface area contributed by atoms with Gasteiger partial charge in [0.05, 0.1) is 19.3 Å². The molecule has 0 bridgehead atoms. The molecule has 0 aromatic heterocycles. The maximum atomic E-state index is 12.3. The van der Waals surface area contributed by atoms with E-state index in [2.05, 4.69) is 5.32 Å². The highest BCUT2D eigenvalue weighted by Gasteiger charge is 2.32. The maximum absolute atomic E-state index is 12.3. The molecular formula is C16H22ClNO3. The number of nitrogens with one attached hydrogen (secondary N) is 1. The molecule has 2 N–H and O–H groups in total. The number of methoxy groups -OCH3 is 1. The van der Waals surface area contributed by atoms with Crippen molar-refractivity contribution in [1.29, 1.82) is 0 Å². The number of carbonyl (C=O) groups excluding carboxylic acids is 1. The number of hydrogen-bond acceptors (Lipinski definition) is 3. The van der Waals surface area contributed by atoms with Crippen LogP contribution in [0.3, 0.4) is 0 Å². The van der Waals surface area contributed by atoms with Crippen molar-refractivity contribution < 1.29 is 14.6 Å². The van der Waals surface area contributed by atoms with Gasteiger partial charge < -0.3 is 15.2 Å². The van der Waals surface area contributed by atoms with E-state index in [9.17, 15) is 9.90 Å². The van der Waals surface area contributed by atoms with Crippen molar-refractivity contribution in [3.8, 4) is 5.75 Å². The number of rotatable bonds is 5. The zero-order valence-corrected chi connectivity index (χ0v) is 13.1. The zero-order chi connectivity index (χ0) is 15.3. The van der Waals surface area contributed by atoms with Crippen LogP contribution in [-0.4, -0.2) is 31.3 Å². The lowest BCUT2D eigenvalue weighted by Gasteiger charge is -2.35. The predicted molar refractivity (Wildman–Crippen MR) is 82.9 cm³/mol. The maximum Gasteiger partial charge on any atom is 0.255 e. The van der Waals surface area contributed by atoms with Crippen LogP contribution in [-0.2, 0) is 0 Å². The van der Waals surface area contributed by atoms with E-state index in [0.29, 0.717) is 22.9 Å². The summed E-state index contributed by atoms with van der Waals surface area (Å²) < 4.78 is 5.20. The van der Waals surface area contributed by atoms with E-state index < -0.39 is 0 Å². The van der Waals surface area contributed by atoms with Gasteiger partial charge in [0.1, 0.15) is 5.75 Å². The number of hydrogen-bond donors (Lipinski definition) is 2. The monoisotopic (exact) mass is 311 g/mol. The van der Waals surface area contributed by atoms with Crippen LogP contribution in [0.1, 0.15) is 42.5 Å². The third kappa shape index (κ3) is 3.89. The molecule has 0 atom stereocenters. The molecule has 5 heteroatoms. The zero-order valence-electron chi connectivity index (χ0n) is 12.3. The Hall–Kier alpha value is -1.26. The molecule has 0 saturated heterocycles. The molecule has 1 aromatic rings. The minimum atomic E-state index is -0.193. The second kappa shape index (κ2) is 7.14. The number of halogens is 1. The van der Waals surface area contributed by atoms with Crippen LogP contribution in [0.2, 0.25) is 5.02 Å². The van der Waals surface area contributed by atoms with Gasteiger partial charge >= 0.3 is 0 Å². The summed E-state index contributed by atoms with van der Waals surface area (Å²) >= 11 is 5.90. The van der Waals surface area contributed by atoms with E-state index in [4.69, 9.17) is 16.3 Å². The molecule has 0 heterocycles. The fraction of sp³-hybridized carbons (Fsp3) is 0.562. The van der Waals surface area contributed by atoms with Gasteiger partial charge in [-0.15, -0.1) is 0 Å². The van der Waals surface area contributed by atoms with Crippen LogP contribution in [0.15, 0.2) is 18.2 Å². The summed E-state index contributed by atoms with van der Waals surface area (Å²) in [6.45, 7) is 0.610. The Labute approximate surface area is 130 Å². The average Bonchev–Trinajstić information content (AvgIpc) is 2.53. The van der Waals surface area contributed by atoms with Crippen molar-refractivity contribution in [2.45, 2.75) is 32.1 Å². The molecule has 1 fully saturated rings. The summed E-state index contributed by atoms with van der Waals surface area (Å²) in [5.41, 5.74) is 0.291. The van der Waals surface area contributed by atoms with E-state index >= 15 is 0 Å². The van der Waals surface area contributed by atoms with Crippen LogP contribution in [0.25, 0.3) is 0 Å². The number of amides is 1. The molecule has 1 aliphatic rings. The Kier molecular flexibility index (Phi) is 5.48. The van der Waals surface area contributed by atoms with Crippen molar-refractivity contribution in [3.63, 3.8) is 0 Å². The Bertz CT molecular complexity index is 498. The first kappa shape index (κ1) is 16.1. The minimum Gasteiger partial charge on any atom is -0.496 e. The van der Waals surface area contributed by atoms with E-state index in [0.717, 1.165) is 25.7 Å². The topological polar surface area (TPSA) is 58.6 Å². The SMILES string of the molecule is COc1cc(Cl)ccc1C(=O)NCC1(CO)CCCCC1. The number of aliphatic hydroxyl groups is 1. The van der Waals surface area contributed by atoms with Gasteiger partial charge in [0.25, 0.3) is 5.91 Å². The van der Waals surface area contributed by atoms with Gasteiger partial charge in [-0.3, -0.25) is 4.79 Å². The highest BCUT2D eigenvalue weighted by molar-refractivity contribution is 6.30. The van der Waals surface area contributed by atoms with E-state index in [1.807, 2.05) is 0 Å². The standard InChI is InChI=1S/C16H22ClNO3/c1-21-14-9-12(17)5-6-13(14)15(20)18-10-16(11-19)7-3-2-4-8-16/h5-6,9,19H,2-4,7-8,10-11H2,1H3,(H,18,20). The van der Waals surface area contributed by atoms with Gasteiger partial charge in [0.15, 0.2) is 0 Å². The largest absolute Gasteiger partial charge is 0.496 e. The molecule has 4 nitrogen and oxygen atoms in total. The predicted octanol–water partition coefficient (Wildman–Crippen LogP) is 3.02. The fourth-order valence-electron chi connectivity index (χ4n) is 2.91. The molecular weight excluding hydrogens is 290 g/mol. The highest BCUT2D eigenvalue weighted by Crippen LogP contribution is 2.35. The summed E-state index contributed by atoms with van der Waals surface area (Å²) in [6.07, 6.45) is 5.35. The first-order chi connectivity index (χ1) is 10.1. The number of carbonyl (C=O) groups is 1. The summed E-state index contributed by atoms with van der Waals surface area (Å²) in [7, 11) is 1.51. The quantitative estimate of drug-likeness (QED) is 0.879. The van der Waals surface area contributed by atoms with Crippen LogP contribution in [0.5, 0.6) is 5.75 Å². The van der Waals surface area contributed by atoms with Gasteiger partial charge in [-0.05, 0) is 31.0 Å². The fourth-order valence-corrected chi connectivity index (χ4v) is 3.07. The summed E-state index contributed by atoms with van der Waals surface area (Å²) in [5, 5.41) is 13.1. The van der Waals surface area contributed by atoms with Crippen LogP contribution in [0.4, 0.5) is 0 Å². The van der Waals surface area contributed by atoms with Gasteiger partial charge in [0.2, 0.25) is 0 Å². The lowest BCUT2D eigenvalue weighted by atomic mass is 9.74. The minimum absolute atomic E-state index is 0.116. The number of benzene rings is 1. The first-order valence-electron chi connectivity index (χ1n) is 7.33. The smallest absolute Gasteiger partial charge is 0.255 e. The van der Waals surface area contributed by atoms with Crippen molar-refractivity contribution >= 4 is 17.5 Å². The third-order valence-corrected chi connectivity index (χ3v) is 4.52. The van der Waals surface area contributed by atoms with Crippen LogP contribution >= 0.6 is 11.6 Å². The molecule has 2 rings (SSSR count). The summed E-state index contributed by atoms with van der Waals surface area (Å²) in [5.74, 6) is 0.267. The first-order valence-corrected chi connectivity index (χ1v) is 7.71.